The molecule has 3 rings (SSSR count). The fraction of sp³-hybridized carbons (Fsp3) is 0.588. The third-order valence-corrected chi connectivity index (χ3v) is 5.50. The summed E-state index contributed by atoms with van der Waals surface area (Å²) in [7, 11) is 1.62. The van der Waals surface area contributed by atoms with Crippen LogP contribution in [0.4, 0.5) is 0 Å². The van der Waals surface area contributed by atoms with E-state index in [1.54, 1.807) is 7.11 Å². The Bertz CT molecular complexity index is 535. The lowest BCUT2D eigenvalue weighted by atomic mass is 10.0. The minimum absolute atomic E-state index is 0.102. The highest BCUT2D eigenvalue weighted by molar-refractivity contribution is 9.10. The molecule has 0 aromatic heterocycles. The number of piperidine rings is 1. The predicted molar refractivity (Wildman–Crippen MR) is 90.4 cm³/mol. The molecular formula is C17H23BrN2O2. The number of carbonyl (C=O) groups is 1. The molecule has 0 bridgehead atoms. The van der Waals surface area contributed by atoms with Gasteiger partial charge in [0.1, 0.15) is 5.75 Å². The molecule has 2 aliphatic heterocycles. The first kappa shape index (κ1) is 15.8. The minimum Gasteiger partial charge on any atom is -0.497 e. The van der Waals surface area contributed by atoms with E-state index in [4.69, 9.17) is 4.74 Å². The molecule has 0 unspecified atom stereocenters. The molecule has 2 saturated heterocycles. The highest BCUT2D eigenvalue weighted by Crippen LogP contribution is 2.26. The summed E-state index contributed by atoms with van der Waals surface area (Å²) in [5.41, 5.74) is 0.693. The Morgan fingerprint density at radius 3 is 2.50 bits per heavy atom. The highest BCUT2D eigenvalue weighted by Gasteiger charge is 2.29. The van der Waals surface area contributed by atoms with Gasteiger partial charge in [0.2, 0.25) is 0 Å². The predicted octanol–water partition coefficient (Wildman–Crippen LogP) is 3.16. The fourth-order valence-corrected chi connectivity index (χ4v) is 3.92. The van der Waals surface area contributed by atoms with Crippen LogP contribution in [0.5, 0.6) is 5.75 Å². The Morgan fingerprint density at radius 2 is 1.86 bits per heavy atom. The highest BCUT2D eigenvalue weighted by atomic mass is 79.9. The maximum absolute atomic E-state index is 12.7. The molecule has 1 amide bonds. The van der Waals surface area contributed by atoms with Gasteiger partial charge in [0.05, 0.1) is 12.7 Å². The first-order valence-corrected chi connectivity index (χ1v) is 8.85. The van der Waals surface area contributed by atoms with Crippen molar-refractivity contribution in [3.8, 4) is 5.75 Å². The SMILES string of the molecule is COc1ccc(Br)c(C(=O)N2CCC(N3CCCC3)CC2)c1. The van der Waals surface area contributed by atoms with Crippen molar-refractivity contribution in [2.24, 2.45) is 0 Å². The molecule has 4 nitrogen and oxygen atoms in total. The molecule has 22 heavy (non-hydrogen) atoms. The van der Waals surface area contributed by atoms with E-state index >= 15 is 0 Å². The lowest BCUT2D eigenvalue weighted by molar-refractivity contribution is 0.0643. The molecule has 2 fully saturated rings. The van der Waals surface area contributed by atoms with E-state index in [0.717, 1.165) is 36.2 Å². The summed E-state index contributed by atoms with van der Waals surface area (Å²) in [5.74, 6) is 0.823. The van der Waals surface area contributed by atoms with Gasteiger partial charge in [0, 0.05) is 23.6 Å². The Kier molecular flexibility index (Phi) is 5.03. The fourth-order valence-electron chi connectivity index (χ4n) is 3.51. The Labute approximate surface area is 140 Å². The number of amides is 1. The maximum Gasteiger partial charge on any atom is 0.255 e. The Hall–Kier alpha value is -1.07. The number of ether oxygens (including phenoxy) is 1. The number of rotatable bonds is 3. The van der Waals surface area contributed by atoms with Crippen molar-refractivity contribution in [3.05, 3.63) is 28.2 Å². The van der Waals surface area contributed by atoms with Crippen LogP contribution in [0, 0.1) is 0 Å². The molecule has 0 atom stereocenters. The second-order valence-corrected chi connectivity index (χ2v) is 6.97. The van der Waals surface area contributed by atoms with Crippen LogP contribution in [0.25, 0.3) is 0 Å². The molecule has 0 saturated carbocycles. The Balaban J connectivity index is 1.64. The summed E-state index contributed by atoms with van der Waals surface area (Å²) in [4.78, 5) is 17.3. The first-order valence-electron chi connectivity index (χ1n) is 8.06. The van der Waals surface area contributed by atoms with Crippen LogP contribution < -0.4 is 4.74 Å². The molecule has 120 valence electrons. The van der Waals surface area contributed by atoms with Crippen molar-refractivity contribution in [3.63, 3.8) is 0 Å². The van der Waals surface area contributed by atoms with Crippen molar-refractivity contribution in [2.75, 3.05) is 33.3 Å². The van der Waals surface area contributed by atoms with Crippen LogP contribution in [-0.2, 0) is 0 Å². The topological polar surface area (TPSA) is 32.8 Å². The number of benzene rings is 1. The van der Waals surface area contributed by atoms with Crippen LogP contribution in [0.2, 0.25) is 0 Å². The smallest absolute Gasteiger partial charge is 0.255 e. The van der Waals surface area contributed by atoms with Gasteiger partial charge >= 0.3 is 0 Å². The number of likely N-dealkylation sites (tertiary alicyclic amines) is 2. The van der Waals surface area contributed by atoms with E-state index in [1.807, 2.05) is 23.1 Å². The summed E-state index contributed by atoms with van der Waals surface area (Å²) in [6, 6.07) is 6.22. The quantitative estimate of drug-likeness (QED) is 0.823. The van der Waals surface area contributed by atoms with E-state index in [0.29, 0.717) is 11.6 Å². The zero-order chi connectivity index (χ0) is 15.5. The minimum atomic E-state index is 0.102. The maximum atomic E-state index is 12.7. The molecular weight excluding hydrogens is 344 g/mol. The van der Waals surface area contributed by atoms with Gasteiger partial charge in [-0.2, -0.15) is 0 Å². The number of carbonyl (C=O) groups excluding carboxylic acids is 1. The average molecular weight is 367 g/mol. The molecule has 0 radical (unpaired) electrons. The van der Waals surface area contributed by atoms with Gasteiger partial charge in [-0.1, -0.05) is 0 Å². The largest absolute Gasteiger partial charge is 0.497 e. The zero-order valence-corrected chi connectivity index (χ0v) is 14.6. The lowest BCUT2D eigenvalue weighted by Gasteiger charge is -2.36. The Morgan fingerprint density at radius 1 is 1.18 bits per heavy atom. The van der Waals surface area contributed by atoms with Gasteiger partial charge in [-0.05, 0) is 72.9 Å². The van der Waals surface area contributed by atoms with Crippen molar-refractivity contribution < 1.29 is 9.53 Å². The third-order valence-electron chi connectivity index (χ3n) is 4.81. The van der Waals surface area contributed by atoms with E-state index in [1.165, 1.54) is 25.9 Å². The number of halogens is 1. The number of nitrogens with zero attached hydrogens (tertiary/aromatic N) is 2. The van der Waals surface area contributed by atoms with Crippen LogP contribution in [0.1, 0.15) is 36.0 Å². The van der Waals surface area contributed by atoms with Gasteiger partial charge in [0.25, 0.3) is 5.91 Å². The van der Waals surface area contributed by atoms with E-state index in [9.17, 15) is 4.79 Å². The summed E-state index contributed by atoms with van der Waals surface area (Å²) in [6.45, 7) is 4.17. The van der Waals surface area contributed by atoms with Gasteiger partial charge in [0.15, 0.2) is 0 Å². The molecule has 1 aromatic carbocycles. The summed E-state index contributed by atoms with van der Waals surface area (Å²) in [6.07, 6.45) is 4.84. The van der Waals surface area contributed by atoms with Crippen LogP contribution in [-0.4, -0.2) is 55.0 Å². The molecule has 1 aromatic rings. The van der Waals surface area contributed by atoms with Crippen molar-refractivity contribution >= 4 is 21.8 Å². The molecule has 0 aliphatic carbocycles. The number of methoxy groups -OCH3 is 1. The molecule has 5 heteroatoms. The average Bonchev–Trinajstić information content (AvgIpc) is 3.09. The molecule has 0 spiro atoms. The molecule has 0 N–H and O–H groups in total. The molecule has 2 aliphatic rings. The third kappa shape index (κ3) is 3.30. The van der Waals surface area contributed by atoms with Crippen molar-refractivity contribution in [1.29, 1.82) is 0 Å². The second-order valence-electron chi connectivity index (χ2n) is 6.11. The van der Waals surface area contributed by atoms with Crippen LogP contribution >= 0.6 is 15.9 Å². The van der Waals surface area contributed by atoms with Gasteiger partial charge in [-0.25, -0.2) is 0 Å². The van der Waals surface area contributed by atoms with Crippen molar-refractivity contribution in [2.45, 2.75) is 31.7 Å². The lowest BCUT2D eigenvalue weighted by Crippen LogP contribution is -2.46. The second kappa shape index (κ2) is 7.01. The van der Waals surface area contributed by atoms with Crippen LogP contribution in [0.3, 0.4) is 0 Å². The van der Waals surface area contributed by atoms with Gasteiger partial charge < -0.3 is 14.5 Å². The van der Waals surface area contributed by atoms with E-state index < -0.39 is 0 Å². The van der Waals surface area contributed by atoms with E-state index in [-0.39, 0.29) is 5.91 Å². The van der Waals surface area contributed by atoms with E-state index in [2.05, 4.69) is 20.8 Å². The standard InChI is InChI=1S/C17H23BrN2O2/c1-22-14-4-5-16(18)15(12-14)17(21)20-10-6-13(7-11-20)19-8-2-3-9-19/h4-5,12-13H,2-3,6-11H2,1H3. The summed E-state index contributed by atoms with van der Waals surface area (Å²) < 4.78 is 6.07. The van der Waals surface area contributed by atoms with Gasteiger partial charge in [-0.3, -0.25) is 4.79 Å². The normalized spacial score (nSPS) is 20.4. The monoisotopic (exact) mass is 366 g/mol. The molecule has 2 heterocycles. The van der Waals surface area contributed by atoms with Crippen LogP contribution in [0.15, 0.2) is 22.7 Å². The first-order chi connectivity index (χ1) is 10.7. The summed E-state index contributed by atoms with van der Waals surface area (Å²) in [5, 5.41) is 0. The number of hydrogen-bond donors (Lipinski definition) is 0. The number of hydrogen-bond acceptors (Lipinski definition) is 3. The zero-order valence-electron chi connectivity index (χ0n) is 13.1. The summed E-state index contributed by atoms with van der Waals surface area (Å²) >= 11 is 3.48. The van der Waals surface area contributed by atoms with Gasteiger partial charge in [-0.15, -0.1) is 0 Å². The van der Waals surface area contributed by atoms with Crippen molar-refractivity contribution in [1.82, 2.24) is 9.80 Å².